The Morgan fingerprint density at radius 3 is 2.09 bits per heavy atom. The molecule has 5 nitrogen and oxygen atoms in total. The lowest BCUT2D eigenvalue weighted by Gasteiger charge is -2.32. The molecular weight excluding hydrogens is 280 g/mol. The van der Waals surface area contributed by atoms with E-state index in [1.807, 2.05) is 25.7 Å². The van der Waals surface area contributed by atoms with Crippen LogP contribution >= 0.6 is 0 Å². The van der Waals surface area contributed by atoms with Gasteiger partial charge in [0.1, 0.15) is 11.6 Å². The topological polar surface area (TPSA) is 49.9 Å². The van der Waals surface area contributed by atoms with Crippen molar-refractivity contribution in [3.8, 4) is 0 Å². The second kappa shape index (κ2) is 7.34. The van der Waals surface area contributed by atoms with Gasteiger partial charge in [-0.3, -0.25) is 9.69 Å². The van der Waals surface area contributed by atoms with Crippen LogP contribution in [0.4, 0.5) is 4.79 Å². The van der Waals surface area contributed by atoms with Gasteiger partial charge in [0.05, 0.1) is 0 Å². The van der Waals surface area contributed by atoms with Crippen LogP contribution in [0.25, 0.3) is 0 Å². The number of likely N-dealkylation sites (tertiary alicyclic amines) is 2. The fourth-order valence-electron chi connectivity index (χ4n) is 3.24. The quantitative estimate of drug-likeness (QED) is 0.747. The molecule has 126 valence electrons. The molecule has 2 amide bonds. The molecule has 2 aliphatic heterocycles. The van der Waals surface area contributed by atoms with Crippen molar-refractivity contribution in [2.24, 2.45) is 0 Å². The fraction of sp³-hybridized carbons (Fsp3) is 0.882. The van der Waals surface area contributed by atoms with Crippen LogP contribution in [0.1, 0.15) is 65.7 Å². The van der Waals surface area contributed by atoms with E-state index in [2.05, 4.69) is 0 Å². The highest BCUT2D eigenvalue weighted by molar-refractivity contribution is 5.86. The van der Waals surface area contributed by atoms with Gasteiger partial charge in [-0.1, -0.05) is 19.3 Å². The summed E-state index contributed by atoms with van der Waals surface area (Å²) in [6.07, 6.45) is 7.10. The van der Waals surface area contributed by atoms with Crippen LogP contribution in [-0.4, -0.2) is 53.1 Å². The highest BCUT2D eigenvalue weighted by Gasteiger charge is 2.38. The summed E-state index contributed by atoms with van der Waals surface area (Å²) >= 11 is 0. The molecule has 2 aliphatic rings. The molecule has 2 heterocycles. The first-order valence-electron chi connectivity index (χ1n) is 8.67. The predicted octanol–water partition coefficient (Wildman–Crippen LogP) is 3.18. The molecule has 0 bridgehead atoms. The highest BCUT2D eigenvalue weighted by Crippen LogP contribution is 2.23. The third-order valence-corrected chi connectivity index (χ3v) is 4.33. The normalized spacial score (nSPS) is 23.9. The van der Waals surface area contributed by atoms with Crippen LogP contribution in [0.15, 0.2) is 0 Å². The Balaban J connectivity index is 1.99. The summed E-state index contributed by atoms with van der Waals surface area (Å²) < 4.78 is 5.45. The first kappa shape index (κ1) is 17.1. The van der Waals surface area contributed by atoms with Gasteiger partial charge in [-0.25, -0.2) is 4.79 Å². The number of ether oxygens (including phenoxy) is 1. The van der Waals surface area contributed by atoms with Gasteiger partial charge in [0.15, 0.2) is 0 Å². The van der Waals surface area contributed by atoms with Crippen molar-refractivity contribution in [1.82, 2.24) is 9.80 Å². The number of hydrogen-bond donors (Lipinski definition) is 0. The van der Waals surface area contributed by atoms with E-state index in [-0.39, 0.29) is 18.0 Å². The Morgan fingerprint density at radius 2 is 1.50 bits per heavy atom. The molecule has 5 heteroatoms. The van der Waals surface area contributed by atoms with Crippen molar-refractivity contribution in [2.45, 2.75) is 77.4 Å². The Labute approximate surface area is 134 Å². The molecular formula is C17H30N2O3. The Kier molecular flexibility index (Phi) is 5.70. The molecule has 0 spiro atoms. The van der Waals surface area contributed by atoms with Gasteiger partial charge in [-0.2, -0.15) is 0 Å². The molecule has 1 unspecified atom stereocenters. The molecule has 0 aromatic carbocycles. The van der Waals surface area contributed by atoms with Crippen LogP contribution in [0.2, 0.25) is 0 Å². The molecule has 0 N–H and O–H groups in total. The van der Waals surface area contributed by atoms with Crippen LogP contribution < -0.4 is 0 Å². The van der Waals surface area contributed by atoms with E-state index in [4.69, 9.17) is 4.74 Å². The third-order valence-electron chi connectivity index (χ3n) is 4.33. The van der Waals surface area contributed by atoms with Crippen molar-refractivity contribution in [1.29, 1.82) is 0 Å². The summed E-state index contributed by atoms with van der Waals surface area (Å²) in [5.41, 5.74) is -0.520. The number of hydrogen-bond acceptors (Lipinski definition) is 3. The van der Waals surface area contributed by atoms with Crippen molar-refractivity contribution in [3.63, 3.8) is 0 Å². The highest BCUT2D eigenvalue weighted by atomic mass is 16.6. The fourth-order valence-corrected chi connectivity index (χ4v) is 3.24. The van der Waals surface area contributed by atoms with E-state index >= 15 is 0 Å². The van der Waals surface area contributed by atoms with Gasteiger partial charge >= 0.3 is 6.09 Å². The van der Waals surface area contributed by atoms with Crippen LogP contribution in [-0.2, 0) is 9.53 Å². The van der Waals surface area contributed by atoms with Gasteiger partial charge in [0.25, 0.3) is 0 Å². The third kappa shape index (κ3) is 4.62. The molecule has 0 aromatic rings. The van der Waals surface area contributed by atoms with E-state index in [0.717, 1.165) is 38.8 Å². The molecule has 0 radical (unpaired) electrons. The van der Waals surface area contributed by atoms with Crippen molar-refractivity contribution in [2.75, 3.05) is 19.6 Å². The minimum Gasteiger partial charge on any atom is -0.444 e. The number of carbonyl (C=O) groups is 2. The molecule has 2 saturated heterocycles. The first-order valence-corrected chi connectivity index (χ1v) is 8.67. The SMILES string of the molecule is CC(C)(C)OC(=O)N1CCCC1C(=O)N1CCCCCCC1. The number of nitrogens with zero attached hydrogens (tertiary/aromatic N) is 2. The predicted molar refractivity (Wildman–Crippen MR) is 85.6 cm³/mol. The lowest BCUT2D eigenvalue weighted by molar-refractivity contribution is -0.136. The zero-order valence-corrected chi connectivity index (χ0v) is 14.3. The van der Waals surface area contributed by atoms with E-state index in [1.54, 1.807) is 4.90 Å². The van der Waals surface area contributed by atoms with Gasteiger partial charge in [0, 0.05) is 19.6 Å². The second-order valence-corrected chi connectivity index (χ2v) is 7.42. The van der Waals surface area contributed by atoms with Gasteiger partial charge in [0.2, 0.25) is 5.91 Å². The molecule has 0 aromatic heterocycles. The summed E-state index contributed by atoms with van der Waals surface area (Å²) in [4.78, 5) is 28.7. The number of amides is 2. The molecule has 1 atom stereocenters. The van der Waals surface area contributed by atoms with Gasteiger partial charge in [-0.05, 0) is 46.5 Å². The standard InChI is InChI=1S/C17H30N2O3/c1-17(2,3)22-16(21)19-13-9-10-14(19)15(20)18-11-7-5-4-6-8-12-18/h14H,4-13H2,1-3H3. The Bertz CT molecular complexity index is 395. The first-order chi connectivity index (χ1) is 10.4. The molecule has 22 heavy (non-hydrogen) atoms. The lowest BCUT2D eigenvalue weighted by Crippen LogP contribution is -2.49. The van der Waals surface area contributed by atoms with Gasteiger partial charge < -0.3 is 9.64 Å². The maximum absolute atomic E-state index is 12.8. The second-order valence-electron chi connectivity index (χ2n) is 7.42. The van der Waals surface area contributed by atoms with E-state index in [1.165, 1.54) is 19.3 Å². The summed E-state index contributed by atoms with van der Waals surface area (Å²) in [6.45, 7) is 7.86. The lowest BCUT2D eigenvalue weighted by atomic mass is 10.1. The smallest absolute Gasteiger partial charge is 0.410 e. The Morgan fingerprint density at radius 1 is 0.909 bits per heavy atom. The van der Waals surface area contributed by atoms with Gasteiger partial charge in [-0.15, -0.1) is 0 Å². The summed E-state index contributed by atoms with van der Waals surface area (Å²) in [5, 5.41) is 0. The maximum Gasteiger partial charge on any atom is 0.410 e. The zero-order valence-electron chi connectivity index (χ0n) is 14.3. The zero-order chi connectivity index (χ0) is 16.2. The summed E-state index contributed by atoms with van der Waals surface area (Å²) in [7, 11) is 0. The monoisotopic (exact) mass is 310 g/mol. The van der Waals surface area contributed by atoms with E-state index < -0.39 is 5.60 Å². The average molecular weight is 310 g/mol. The number of carbonyl (C=O) groups excluding carboxylic acids is 2. The molecule has 2 rings (SSSR count). The van der Waals surface area contributed by atoms with Crippen LogP contribution in [0, 0.1) is 0 Å². The average Bonchev–Trinajstić information content (AvgIpc) is 2.84. The largest absolute Gasteiger partial charge is 0.444 e. The van der Waals surface area contributed by atoms with Crippen molar-refractivity contribution in [3.05, 3.63) is 0 Å². The van der Waals surface area contributed by atoms with Crippen molar-refractivity contribution >= 4 is 12.0 Å². The minimum absolute atomic E-state index is 0.116. The molecule has 0 aliphatic carbocycles. The maximum atomic E-state index is 12.8. The van der Waals surface area contributed by atoms with E-state index in [0.29, 0.717) is 6.54 Å². The van der Waals surface area contributed by atoms with Crippen molar-refractivity contribution < 1.29 is 14.3 Å². The summed E-state index contributed by atoms with van der Waals surface area (Å²) in [6, 6.07) is -0.325. The summed E-state index contributed by atoms with van der Waals surface area (Å²) in [5.74, 6) is 0.116. The van der Waals surface area contributed by atoms with E-state index in [9.17, 15) is 9.59 Å². The Hall–Kier alpha value is -1.26. The molecule has 0 saturated carbocycles. The van der Waals surface area contributed by atoms with Crippen LogP contribution in [0.5, 0.6) is 0 Å². The molecule has 2 fully saturated rings. The minimum atomic E-state index is -0.520. The van der Waals surface area contributed by atoms with Crippen LogP contribution in [0.3, 0.4) is 0 Å². The number of rotatable bonds is 1.